The van der Waals surface area contributed by atoms with Crippen molar-refractivity contribution >= 4 is 22.5 Å². The van der Waals surface area contributed by atoms with Crippen molar-refractivity contribution in [1.82, 2.24) is 19.6 Å². The third-order valence-corrected chi connectivity index (χ3v) is 4.33. The Bertz CT molecular complexity index is 1090. The molecule has 8 heteroatoms. The van der Waals surface area contributed by atoms with Crippen molar-refractivity contribution in [2.75, 3.05) is 5.32 Å². The second kappa shape index (κ2) is 7.18. The van der Waals surface area contributed by atoms with E-state index in [0.29, 0.717) is 16.6 Å². The predicted molar refractivity (Wildman–Crippen MR) is 106 cm³/mol. The maximum absolute atomic E-state index is 13.8. The van der Waals surface area contributed by atoms with Gasteiger partial charge in [0, 0.05) is 5.39 Å². The fourth-order valence-electron chi connectivity index (χ4n) is 3.02. The fraction of sp³-hybridized carbons (Fsp3) is 0.400. The van der Waals surface area contributed by atoms with Crippen molar-refractivity contribution in [2.45, 2.75) is 52.6 Å². The molecule has 148 valence electrons. The van der Waals surface area contributed by atoms with Crippen LogP contribution in [-0.2, 0) is 16.9 Å². The molecule has 1 N–H and O–H groups in total. The van der Waals surface area contributed by atoms with Crippen LogP contribution in [0.15, 0.2) is 35.3 Å². The van der Waals surface area contributed by atoms with Crippen LogP contribution < -0.4 is 10.9 Å². The van der Waals surface area contributed by atoms with Gasteiger partial charge in [-0.15, -0.1) is 0 Å². The molecule has 0 saturated carbocycles. The third kappa shape index (κ3) is 3.67. The van der Waals surface area contributed by atoms with Gasteiger partial charge in [0.15, 0.2) is 0 Å². The van der Waals surface area contributed by atoms with Gasteiger partial charge in [0.05, 0.1) is 23.1 Å². The highest BCUT2D eigenvalue weighted by molar-refractivity contribution is 5.90. The molecule has 0 aliphatic heterocycles. The lowest BCUT2D eigenvalue weighted by Gasteiger charge is -2.21. The molecule has 0 spiro atoms. The Morgan fingerprint density at radius 1 is 1.25 bits per heavy atom. The molecule has 3 aromatic rings. The number of benzene rings is 1. The van der Waals surface area contributed by atoms with E-state index < -0.39 is 22.8 Å². The zero-order valence-corrected chi connectivity index (χ0v) is 16.7. The monoisotopic (exact) mass is 385 g/mol. The minimum Gasteiger partial charge on any atom is -0.322 e. The highest BCUT2D eigenvalue weighted by atomic mass is 19.1. The summed E-state index contributed by atoms with van der Waals surface area (Å²) in [6.45, 7) is 9.45. The molecule has 7 nitrogen and oxygen atoms in total. The van der Waals surface area contributed by atoms with Gasteiger partial charge >= 0.3 is 0 Å². The minimum atomic E-state index is -0.541. The number of halogens is 1. The summed E-state index contributed by atoms with van der Waals surface area (Å²) in [5.41, 5.74) is 0.332. The van der Waals surface area contributed by atoms with Crippen LogP contribution in [0.4, 0.5) is 10.1 Å². The van der Waals surface area contributed by atoms with E-state index >= 15 is 0 Å². The average molecular weight is 385 g/mol. The normalized spacial score (nSPS) is 12.0. The standard InChI is InChI=1S/C20H24FN5O2/c1-12(2)17-13-10-22-26(20(3,4)5)18(13)19(28)25(24-17)11-16(27)23-15-9-7-6-8-14(15)21/h6-10,12H,11H2,1-5H3,(H,23,27). The Morgan fingerprint density at radius 3 is 2.54 bits per heavy atom. The number of carbonyl (C=O) groups is 1. The molecule has 0 unspecified atom stereocenters. The molecule has 2 aromatic heterocycles. The van der Waals surface area contributed by atoms with Gasteiger partial charge in [0.2, 0.25) is 5.91 Å². The van der Waals surface area contributed by atoms with Gasteiger partial charge in [-0.1, -0.05) is 26.0 Å². The molecule has 0 radical (unpaired) electrons. The van der Waals surface area contributed by atoms with Crippen LogP contribution in [0, 0.1) is 5.82 Å². The molecule has 0 saturated heterocycles. The lowest BCUT2D eigenvalue weighted by Crippen LogP contribution is -2.34. The molecule has 3 rings (SSSR count). The molecule has 1 amide bonds. The van der Waals surface area contributed by atoms with Gasteiger partial charge in [0.25, 0.3) is 5.56 Å². The van der Waals surface area contributed by atoms with E-state index in [4.69, 9.17) is 0 Å². The van der Waals surface area contributed by atoms with Gasteiger partial charge in [-0.3, -0.25) is 14.3 Å². The van der Waals surface area contributed by atoms with Crippen molar-refractivity contribution in [3.63, 3.8) is 0 Å². The van der Waals surface area contributed by atoms with Gasteiger partial charge in [0.1, 0.15) is 17.9 Å². The second-order valence-electron chi connectivity index (χ2n) is 8.02. The number of aromatic nitrogens is 4. The highest BCUT2D eigenvalue weighted by Crippen LogP contribution is 2.24. The molecule has 0 atom stereocenters. The van der Waals surface area contributed by atoms with E-state index in [1.807, 2.05) is 34.6 Å². The summed E-state index contributed by atoms with van der Waals surface area (Å²) in [4.78, 5) is 25.5. The summed E-state index contributed by atoms with van der Waals surface area (Å²) in [6, 6.07) is 5.87. The molecular weight excluding hydrogens is 361 g/mol. The lowest BCUT2D eigenvalue weighted by atomic mass is 10.1. The maximum Gasteiger partial charge on any atom is 0.293 e. The molecular formula is C20H24FN5O2. The quantitative estimate of drug-likeness (QED) is 0.747. The van der Waals surface area contributed by atoms with E-state index in [2.05, 4.69) is 15.5 Å². The van der Waals surface area contributed by atoms with Crippen molar-refractivity contribution in [3.05, 3.63) is 52.3 Å². The van der Waals surface area contributed by atoms with Crippen molar-refractivity contribution in [1.29, 1.82) is 0 Å². The van der Waals surface area contributed by atoms with Crippen LogP contribution >= 0.6 is 0 Å². The lowest BCUT2D eigenvalue weighted by molar-refractivity contribution is -0.117. The summed E-state index contributed by atoms with van der Waals surface area (Å²) in [6.07, 6.45) is 1.65. The Balaban J connectivity index is 2.06. The largest absolute Gasteiger partial charge is 0.322 e. The average Bonchev–Trinajstić information content (AvgIpc) is 3.05. The number of hydrogen-bond donors (Lipinski definition) is 1. The highest BCUT2D eigenvalue weighted by Gasteiger charge is 2.24. The first kappa shape index (κ1) is 19.7. The Hall–Kier alpha value is -3.03. The van der Waals surface area contributed by atoms with E-state index in [1.165, 1.54) is 18.2 Å². The van der Waals surface area contributed by atoms with Crippen LogP contribution in [0.25, 0.3) is 10.9 Å². The summed E-state index contributed by atoms with van der Waals surface area (Å²) < 4.78 is 16.6. The number of nitrogens with one attached hydrogen (secondary N) is 1. The number of amides is 1. The number of anilines is 1. The van der Waals surface area contributed by atoms with E-state index in [9.17, 15) is 14.0 Å². The maximum atomic E-state index is 13.8. The SMILES string of the molecule is CC(C)c1nn(CC(=O)Nc2ccccc2F)c(=O)c2c1cnn2C(C)(C)C. The van der Waals surface area contributed by atoms with Crippen LogP contribution in [0.3, 0.4) is 0 Å². The number of nitrogens with zero attached hydrogens (tertiary/aromatic N) is 4. The molecule has 0 aliphatic rings. The predicted octanol–water partition coefficient (Wildman–Crippen LogP) is 3.25. The smallest absolute Gasteiger partial charge is 0.293 e. The summed E-state index contributed by atoms with van der Waals surface area (Å²) in [5, 5.41) is 11.9. The number of fused-ring (bicyclic) bond motifs is 1. The Morgan fingerprint density at radius 2 is 1.93 bits per heavy atom. The second-order valence-corrected chi connectivity index (χ2v) is 8.02. The van der Waals surface area contributed by atoms with Crippen LogP contribution in [0.1, 0.15) is 46.2 Å². The first-order chi connectivity index (χ1) is 13.1. The topological polar surface area (TPSA) is 81.8 Å². The fourth-order valence-corrected chi connectivity index (χ4v) is 3.02. The summed E-state index contributed by atoms with van der Waals surface area (Å²) in [5.74, 6) is -1.04. The molecule has 1 aromatic carbocycles. The van der Waals surface area contributed by atoms with Gasteiger partial charge < -0.3 is 5.32 Å². The summed E-state index contributed by atoms with van der Waals surface area (Å²) >= 11 is 0. The number of carbonyl (C=O) groups excluding carboxylic acids is 1. The van der Waals surface area contributed by atoms with Crippen LogP contribution in [-0.4, -0.2) is 25.5 Å². The van der Waals surface area contributed by atoms with Gasteiger partial charge in [-0.2, -0.15) is 10.2 Å². The molecule has 0 bridgehead atoms. The van der Waals surface area contributed by atoms with Crippen molar-refractivity contribution < 1.29 is 9.18 Å². The van der Waals surface area contributed by atoms with E-state index in [1.54, 1.807) is 16.9 Å². The molecule has 0 aliphatic carbocycles. The number of para-hydroxylation sites is 1. The molecule has 2 heterocycles. The van der Waals surface area contributed by atoms with Crippen molar-refractivity contribution in [3.8, 4) is 0 Å². The third-order valence-electron chi connectivity index (χ3n) is 4.33. The van der Waals surface area contributed by atoms with Gasteiger partial charge in [-0.25, -0.2) is 9.07 Å². The zero-order chi connectivity index (χ0) is 20.6. The Kier molecular flexibility index (Phi) is 5.06. The van der Waals surface area contributed by atoms with Crippen LogP contribution in [0.5, 0.6) is 0 Å². The first-order valence-corrected chi connectivity index (χ1v) is 9.13. The van der Waals surface area contributed by atoms with Crippen molar-refractivity contribution in [2.24, 2.45) is 0 Å². The molecule has 0 fully saturated rings. The summed E-state index contributed by atoms with van der Waals surface area (Å²) in [7, 11) is 0. The Labute approximate surface area is 162 Å². The molecule has 28 heavy (non-hydrogen) atoms. The zero-order valence-electron chi connectivity index (χ0n) is 16.7. The van der Waals surface area contributed by atoms with Crippen LogP contribution in [0.2, 0.25) is 0 Å². The first-order valence-electron chi connectivity index (χ1n) is 9.13. The number of hydrogen-bond acceptors (Lipinski definition) is 4. The van der Waals surface area contributed by atoms with Gasteiger partial charge in [-0.05, 0) is 38.8 Å². The minimum absolute atomic E-state index is 0.0293. The van der Waals surface area contributed by atoms with E-state index in [-0.39, 0.29) is 18.2 Å². The van der Waals surface area contributed by atoms with E-state index in [0.717, 1.165) is 4.68 Å². The number of rotatable bonds is 4.